The third-order valence-electron chi connectivity index (χ3n) is 3.41. The first-order chi connectivity index (χ1) is 13.2. The highest BCUT2D eigenvalue weighted by atomic mass is 35.5. The molecule has 0 bridgehead atoms. The lowest BCUT2D eigenvalue weighted by atomic mass is 10.1. The number of rotatable bonds is 7. The Morgan fingerprint density at radius 3 is 2.25 bits per heavy atom. The number of ether oxygens (including phenoxy) is 2. The lowest BCUT2D eigenvalue weighted by molar-refractivity contribution is -0.138. The molecule has 0 radical (unpaired) electrons. The molecular weight excluding hydrogens is 420 g/mol. The standard InChI is InChI=1S/C19H15Cl2F3O4/c20-15-10-14(25)11-16(21)18(15)28-9-1-8-27-17(26)7-4-12-2-5-13(6-3-12)19(22,23)24/h2-7,10-11,25H,1,8-9H2/b7-4+. The Bertz CT molecular complexity index is 826. The van der Waals surface area contributed by atoms with Crippen molar-refractivity contribution < 1.29 is 32.5 Å². The molecule has 0 heterocycles. The number of carbonyl (C=O) groups excluding carboxylic acids is 1. The Morgan fingerprint density at radius 2 is 1.68 bits per heavy atom. The summed E-state index contributed by atoms with van der Waals surface area (Å²) in [6, 6.07) is 6.95. The van der Waals surface area contributed by atoms with Crippen LogP contribution in [0, 0.1) is 0 Å². The van der Waals surface area contributed by atoms with Crippen molar-refractivity contribution >= 4 is 35.2 Å². The van der Waals surface area contributed by atoms with Gasteiger partial charge < -0.3 is 14.6 Å². The average molecular weight is 435 g/mol. The van der Waals surface area contributed by atoms with Crippen LogP contribution >= 0.6 is 23.2 Å². The van der Waals surface area contributed by atoms with Crippen LogP contribution in [0.4, 0.5) is 13.2 Å². The molecule has 9 heteroatoms. The molecule has 1 N–H and O–H groups in total. The SMILES string of the molecule is O=C(/C=C/c1ccc(C(F)(F)F)cc1)OCCCOc1c(Cl)cc(O)cc1Cl. The molecule has 150 valence electrons. The summed E-state index contributed by atoms with van der Waals surface area (Å²) in [5.41, 5.74) is -0.328. The van der Waals surface area contributed by atoms with Crippen LogP contribution in [0.3, 0.4) is 0 Å². The molecule has 0 unspecified atom stereocenters. The van der Waals surface area contributed by atoms with Crippen molar-refractivity contribution in [2.24, 2.45) is 0 Å². The molecule has 0 aliphatic rings. The molecule has 28 heavy (non-hydrogen) atoms. The van der Waals surface area contributed by atoms with Gasteiger partial charge in [0.25, 0.3) is 0 Å². The zero-order chi connectivity index (χ0) is 20.7. The van der Waals surface area contributed by atoms with E-state index in [1.165, 1.54) is 30.3 Å². The molecule has 0 spiro atoms. The first kappa shape index (κ1) is 21.9. The third-order valence-corrected chi connectivity index (χ3v) is 3.97. The van der Waals surface area contributed by atoms with Gasteiger partial charge in [-0.05, 0) is 23.8 Å². The lowest BCUT2D eigenvalue weighted by Gasteiger charge is -2.10. The van der Waals surface area contributed by atoms with Gasteiger partial charge in [0.1, 0.15) is 5.75 Å². The smallest absolute Gasteiger partial charge is 0.416 e. The largest absolute Gasteiger partial charge is 0.508 e. The monoisotopic (exact) mass is 434 g/mol. The quantitative estimate of drug-likeness (QED) is 0.342. The van der Waals surface area contributed by atoms with Gasteiger partial charge in [-0.15, -0.1) is 0 Å². The van der Waals surface area contributed by atoms with E-state index in [2.05, 4.69) is 0 Å². The average Bonchev–Trinajstić information content (AvgIpc) is 2.61. The molecule has 0 amide bonds. The van der Waals surface area contributed by atoms with E-state index >= 15 is 0 Å². The number of benzene rings is 2. The zero-order valence-electron chi connectivity index (χ0n) is 14.3. The number of aromatic hydroxyl groups is 1. The Kier molecular flexibility index (Phi) is 7.60. The summed E-state index contributed by atoms with van der Waals surface area (Å²) >= 11 is 11.8. The maximum Gasteiger partial charge on any atom is 0.416 e. The fourth-order valence-electron chi connectivity index (χ4n) is 2.09. The van der Waals surface area contributed by atoms with E-state index in [9.17, 15) is 23.1 Å². The van der Waals surface area contributed by atoms with Crippen molar-refractivity contribution in [3.63, 3.8) is 0 Å². The molecule has 0 aliphatic heterocycles. The van der Waals surface area contributed by atoms with Gasteiger partial charge in [-0.25, -0.2) is 4.79 Å². The molecule has 0 aromatic heterocycles. The second-order valence-corrected chi connectivity index (χ2v) is 6.38. The van der Waals surface area contributed by atoms with Crippen molar-refractivity contribution in [1.82, 2.24) is 0 Å². The van der Waals surface area contributed by atoms with Gasteiger partial charge in [0.15, 0.2) is 5.75 Å². The van der Waals surface area contributed by atoms with E-state index in [0.29, 0.717) is 12.0 Å². The maximum absolute atomic E-state index is 12.5. The molecule has 2 aromatic carbocycles. The van der Waals surface area contributed by atoms with Gasteiger partial charge in [-0.2, -0.15) is 13.2 Å². The Labute approximate surface area is 169 Å². The van der Waals surface area contributed by atoms with E-state index in [-0.39, 0.29) is 34.8 Å². The predicted octanol–water partition coefficient (Wildman–Crippen LogP) is 5.74. The Hall–Kier alpha value is -2.38. The number of alkyl halides is 3. The van der Waals surface area contributed by atoms with E-state index in [1.807, 2.05) is 0 Å². The summed E-state index contributed by atoms with van der Waals surface area (Å²) in [6.07, 6.45) is -1.57. The number of halogens is 5. The van der Waals surface area contributed by atoms with Crippen molar-refractivity contribution in [3.05, 3.63) is 63.6 Å². The maximum atomic E-state index is 12.5. The first-order valence-electron chi connectivity index (χ1n) is 7.99. The van der Waals surface area contributed by atoms with Crippen LogP contribution in [0.2, 0.25) is 10.0 Å². The minimum absolute atomic E-state index is 0.0590. The van der Waals surface area contributed by atoms with Crippen LogP contribution < -0.4 is 4.74 Å². The number of esters is 1. The first-order valence-corrected chi connectivity index (χ1v) is 8.75. The fraction of sp³-hybridized carbons (Fsp3) is 0.211. The highest BCUT2D eigenvalue weighted by Gasteiger charge is 2.29. The zero-order valence-corrected chi connectivity index (χ0v) is 15.8. The summed E-state index contributed by atoms with van der Waals surface area (Å²) < 4.78 is 47.8. The van der Waals surface area contributed by atoms with E-state index < -0.39 is 17.7 Å². The van der Waals surface area contributed by atoms with Crippen molar-refractivity contribution in [3.8, 4) is 11.5 Å². The van der Waals surface area contributed by atoms with Gasteiger partial charge in [0, 0.05) is 24.6 Å². The highest BCUT2D eigenvalue weighted by Crippen LogP contribution is 2.36. The predicted molar refractivity (Wildman–Crippen MR) is 99.7 cm³/mol. The second-order valence-electron chi connectivity index (χ2n) is 5.56. The van der Waals surface area contributed by atoms with Crippen molar-refractivity contribution in [1.29, 1.82) is 0 Å². The molecule has 0 fully saturated rings. The molecular formula is C19H15Cl2F3O4. The van der Waals surface area contributed by atoms with E-state index in [0.717, 1.165) is 18.2 Å². The molecule has 0 atom stereocenters. The van der Waals surface area contributed by atoms with Crippen LogP contribution in [-0.4, -0.2) is 24.3 Å². The van der Waals surface area contributed by atoms with Crippen LogP contribution in [0.25, 0.3) is 6.08 Å². The number of phenols is 1. The summed E-state index contributed by atoms with van der Waals surface area (Å²) in [7, 11) is 0. The van der Waals surface area contributed by atoms with Crippen molar-refractivity contribution in [2.45, 2.75) is 12.6 Å². The Morgan fingerprint density at radius 1 is 1.07 bits per heavy atom. The number of hydrogen-bond donors (Lipinski definition) is 1. The number of phenolic OH excluding ortho intramolecular Hbond substituents is 1. The topological polar surface area (TPSA) is 55.8 Å². The summed E-state index contributed by atoms with van der Waals surface area (Å²) in [6.45, 7) is 0.226. The third kappa shape index (κ3) is 6.65. The lowest BCUT2D eigenvalue weighted by Crippen LogP contribution is -2.07. The number of hydrogen-bond acceptors (Lipinski definition) is 4. The molecule has 0 saturated heterocycles. The Balaban J connectivity index is 1.74. The van der Waals surface area contributed by atoms with Gasteiger partial charge in [0.2, 0.25) is 0 Å². The number of carbonyl (C=O) groups is 1. The minimum atomic E-state index is -4.40. The van der Waals surface area contributed by atoms with Crippen LogP contribution in [-0.2, 0) is 15.7 Å². The summed E-state index contributed by atoms with van der Waals surface area (Å²) in [5.74, 6) is -0.508. The molecule has 2 aromatic rings. The second kappa shape index (κ2) is 9.71. The van der Waals surface area contributed by atoms with Crippen molar-refractivity contribution in [2.75, 3.05) is 13.2 Å². The van der Waals surface area contributed by atoms with Gasteiger partial charge >= 0.3 is 12.1 Å². The molecule has 2 rings (SSSR count). The van der Waals surface area contributed by atoms with Gasteiger partial charge in [-0.1, -0.05) is 35.3 Å². The molecule has 0 aliphatic carbocycles. The van der Waals surface area contributed by atoms with Gasteiger partial charge in [0.05, 0.1) is 28.8 Å². The fourth-order valence-corrected chi connectivity index (χ4v) is 2.67. The van der Waals surface area contributed by atoms with E-state index in [4.69, 9.17) is 32.7 Å². The van der Waals surface area contributed by atoms with Gasteiger partial charge in [-0.3, -0.25) is 0 Å². The summed E-state index contributed by atoms with van der Waals surface area (Å²) in [4.78, 5) is 11.6. The minimum Gasteiger partial charge on any atom is -0.508 e. The normalized spacial score (nSPS) is 11.6. The highest BCUT2D eigenvalue weighted by molar-refractivity contribution is 6.37. The van der Waals surface area contributed by atoms with Crippen LogP contribution in [0.1, 0.15) is 17.5 Å². The molecule has 4 nitrogen and oxygen atoms in total. The molecule has 0 saturated carbocycles. The van der Waals surface area contributed by atoms with E-state index in [1.54, 1.807) is 0 Å². The van der Waals surface area contributed by atoms with Crippen LogP contribution in [0.15, 0.2) is 42.5 Å². The summed E-state index contributed by atoms with van der Waals surface area (Å²) in [5, 5.41) is 9.64. The van der Waals surface area contributed by atoms with Crippen LogP contribution in [0.5, 0.6) is 11.5 Å².